The minimum absolute atomic E-state index is 0.163. The van der Waals surface area contributed by atoms with Gasteiger partial charge >= 0.3 is 0 Å². The number of rotatable bonds is 4. The first kappa shape index (κ1) is 13.1. The lowest BCUT2D eigenvalue weighted by Gasteiger charge is -2.07. The molecule has 96 valence electrons. The summed E-state index contributed by atoms with van der Waals surface area (Å²) < 4.78 is 15.1. The zero-order chi connectivity index (χ0) is 13.1. The summed E-state index contributed by atoms with van der Waals surface area (Å²) in [6.45, 7) is 2.52. The van der Waals surface area contributed by atoms with Gasteiger partial charge in [-0.05, 0) is 25.6 Å². The molecule has 2 aromatic rings. The monoisotopic (exact) mass is 267 g/mol. The van der Waals surface area contributed by atoms with Crippen molar-refractivity contribution in [2.24, 2.45) is 0 Å². The molecule has 0 radical (unpaired) electrons. The van der Waals surface area contributed by atoms with Crippen LogP contribution in [0.3, 0.4) is 0 Å². The number of nitrogens with zero attached hydrogens (tertiary/aromatic N) is 2. The Morgan fingerprint density at radius 2 is 2.28 bits per heavy atom. The molecule has 0 saturated heterocycles. The van der Waals surface area contributed by atoms with Gasteiger partial charge in [0.2, 0.25) is 0 Å². The Morgan fingerprint density at radius 1 is 1.50 bits per heavy atom. The molecular formula is C13H15ClFN3. The molecule has 1 N–H and O–H groups in total. The van der Waals surface area contributed by atoms with Gasteiger partial charge in [0.15, 0.2) is 0 Å². The number of nitrogens with one attached hydrogen (secondary N) is 1. The van der Waals surface area contributed by atoms with E-state index < -0.39 is 5.82 Å². The summed E-state index contributed by atoms with van der Waals surface area (Å²) in [5.74, 6) is -0.398. The van der Waals surface area contributed by atoms with Gasteiger partial charge in [0, 0.05) is 17.8 Å². The van der Waals surface area contributed by atoms with Crippen LogP contribution in [-0.2, 0) is 6.54 Å². The molecule has 5 heteroatoms. The van der Waals surface area contributed by atoms with Crippen molar-refractivity contribution in [3.8, 4) is 0 Å². The predicted octanol–water partition coefficient (Wildman–Crippen LogP) is 3.00. The van der Waals surface area contributed by atoms with Gasteiger partial charge in [-0.15, -0.1) is 0 Å². The Hall–Kier alpha value is -1.39. The van der Waals surface area contributed by atoms with Crippen molar-refractivity contribution in [3.63, 3.8) is 0 Å². The molecule has 0 fully saturated rings. The Morgan fingerprint density at radius 3 is 3.00 bits per heavy atom. The normalized spacial score (nSPS) is 12.7. The van der Waals surface area contributed by atoms with Crippen LogP contribution in [0.2, 0.25) is 5.02 Å². The highest BCUT2D eigenvalue weighted by atomic mass is 35.5. The quantitative estimate of drug-likeness (QED) is 0.923. The second-order valence-electron chi connectivity index (χ2n) is 4.19. The van der Waals surface area contributed by atoms with Crippen LogP contribution in [0.1, 0.15) is 24.1 Å². The predicted molar refractivity (Wildman–Crippen MR) is 70.2 cm³/mol. The van der Waals surface area contributed by atoms with Crippen LogP contribution in [0.4, 0.5) is 4.39 Å². The molecule has 0 bridgehead atoms. The smallest absolute Gasteiger partial charge is 0.142 e. The van der Waals surface area contributed by atoms with Crippen LogP contribution in [0.15, 0.2) is 30.6 Å². The zero-order valence-electron chi connectivity index (χ0n) is 10.3. The summed E-state index contributed by atoms with van der Waals surface area (Å²) in [5.41, 5.74) is 1.81. The van der Waals surface area contributed by atoms with Gasteiger partial charge in [0.05, 0.1) is 17.8 Å². The fourth-order valence-electron chi connectivity index (χ4n) is 1.70. The third-order valence-electron chi connectivity index (χ3n) is 2.95. The maximum atomic E-state index is 13.3. The third kappa shape index (κ3) is 2.71. The van der Waals surface area contributed by atoms with E-state index in [0.29, 0.717) is 6.54 Å². The van der Waals surface area contributed by atoms with Gasteiger partial charge < -0.3 is 5.32 Å². The summed E-state index contributed by atoms with van der Waals surface area (Å²) in [6.07, 6.45) is 3.73. The van der Waals surface area contributed by atoms with Crippen molar-refractivity contribution in [1.82, 2.24) is 15.1 Å². The van der Waals surface area contributed by atoms with Gasteiger partial charge in [-0.2, -0.15) is 5.10 Å². The highest BCUT2D eigenvalue weighted by Crippen LogP contribution is 2.20. The van der Waals surface area contributed by atoms with Crippen LogP contribution >= 0.6 is 11.6 Å². The molecule has 0 aliphatic carbocycles. The first-order valence-electron chi connectivity index (χ1n) is 5.74. The van der Waals surface area contributed by atoms with Crippen LogP contribution in [-0.4, -0.2) is 16.8 Å². The van der Waals surface area contributed by atoms with Crippen molar-refractivity contribution in [3.05, 3.63) is 52.6 Å². The molecule has 0 aliphatic heterocycles. The lowest BCUT2D eigenvalue weighted by atomic mass is 10.2. The molecule has 0 saturated carbocycles. The van der Waals surface area contributed by atoms with Gasteiger partial charge in [-0.1, -0.05) is 23.7 Å². The molecule has 1 unspecified atom stereocenters. The zero-order valence-corrected chi connectivity index (χ0v) is 11.1. The van der Waals surface area contributed by atoms with E-state index in [1.165, 1.54) is 6.07 Å². The van der Waals surface area contributed by atoms with E-state index >= 15 is 0 Å². The largest absolute Gasteiger partial charge is 0.313 e. The Balaban J connectivity index is 2.19. The van der Waals surface area contributed by atoms with Crippen LogP contribution in [0.5, 0.6) is 0 Å². The van der Waals surface area contributed by atoms with Gasteiger partial charge in [-0.25, -0.2) is 4.39 Å². The van der Waals surface area contributed by atoms with Crippen molar-refractivity contribution in [2.75, 3.05) is 7.05 Å². The first-order chi connectivity index (χ1) is 8.61. The maximum Gasteiger partial charge on any atom is 0.142 e. The average molecular weight is 268 g/mol. The third-order valence-corrected chi connectivity index (χ3v) is 3.37. The van der Waals surface area contributed by atoms with E-state index in [1.54, 1.807) is 23.0 Å². The molecule has 0 amide bonds. The van der Waals surface area contributed by atoms with E-state index in [2.05, 4.69) is 17.3 Å². The van der Waals surface area contributed by atoms with E-state index in [9.17, 15) is 4.39 Å². The van der Waals surface area contributed by atoms with Gasteiger partial charge in [0.25, 0.3) is 0 Å². The standard InChI is InChI=1S/C13H15ClFN3/c1-9(16-2)11-6-17-18(8-11)7-10-4-3-5-12(15)13(10)14/h3-6,8-9,16H,7H2,1-2H3. The van der Waals surface area contributed by atoms with Crippen LogP contribution < -0.4 is 5.32 Å². The fraction of sp³-hybridized carbons (Fsp3) is 0.308. The average Bonchev–Trinajstić information content (AvgIpc) is 2.82. The van der Waals surface area contributed by atoms with E-state index in [4.69, 9.17) is 11.6 Å². The highest BCUT2D eigenvalue weighted by Gasteiger charge is 2.09. The van der Waals surface area contributed by atoms with Gasteiger partial charge in [-0.3, -0.25) is 4.68 Å². The fourth-order valence-corrected chi connectivity index (χ4v) is 1.89. The molecule has 1 aromatic carbocycles. The highest BCUT2D eigenvalue weighted by molar-refractivity contribution is 6.31. The Labute approximate surface area is 111 Å². The van der Waals surface area contributed by atoms with Crippen molar-refractivity contribution < 1.29 is 4.39 Å². The number of halogens is 2. The number of benzene rings is 1. The molecule has 1 aromatic heterocycles. The topological polar surface area (TPSA) is 29.9 Å². The molecule has 3 nitrogen and oxygen atoms in total. The molecule has 1 heterocycles. The van der Waals surface area contributed by atoms with Gasteiger partial charge in [0.1, 0.15) is 5.82 Å². The first-order valence-corrected chi connectivity index (χ1v) is 6.12. The molecule has 0 spiro atoms. The lowest BCUT2D eigenvalue weighted by molar-refractivity contribution is 0.619. The lowest BCUT2D eigenvalue weighted by Crippen LogP contribution is -2.11. The summed E-state index contributed by atoms with van der Waals surface area (Å²) in [4.78, 5) is 0. The minimum Gasteiger partial charge on any atom is -0.313 e. The summed E-state index contributed by atoms with van der Waals surface area (Å²) in [6, 6.07) is 5.04. The van der Waals surface area contributed by atoms with E-state index in [-0.39, 0.29) is 11.1 Å². The molecule has 1 atom stereocenters. The number of hydrogen-bond donors (Lipinski definition) is 1. The summed E-state index contributed by atoms with van der Waals surface area (Å²) in [5, 5.41) is 7.55. The second-order valence-corrected chi connectivity index (χ2v) is 4.57. The van der Waals surface area contributed by atoms with Crippen molar-refractivity contribution >= 4 is 11.6 Å². The van der Waals surface area contributed by atoms with Crippen molar-refractivity contribution in [1.29, 1.82) is 0 Å². The van der Waals surface area contributed by atoms with Crippen LogP contribution in [0.25, 0.3) is 0 Å². The number of hydrogen-bond acceptors (Lipinski definition) is 2. The SMILES string of the molecule is CNC(C)c1cnn(Cc2cccc(F)c2Cl)c1. The maximum absolute atomic E-state index is 13.3. The summed E-state index contributed by atoms with van der Waals surface area (Å²) in [7, 11) is 1.89. The molecule has 2 rings (SSSR count). The van der Waals surface area contributed by atoms with Crippen molar-refractivity contribution in [2.45, 2.75) is 19.5 Å². The molecular weight excluding hydrogens is 253 g/mol. The Kier molecular flexibility index (Phi) is 3.99. The van der Waals surface area contributed by atoms with Crippen LogP contribution in [0, 0.1) is 5.82 Å². The van der Waals surface area contributed by atoms with E-state index in [0.717, 1.165) is 11.1 Å². The second kappa shape index (κ2) is 5.50. The van der Waals surface area contributed by atoms with E-state index in [1.807, 2.05) is 13.2 Å². The summed E-state index contributed by atoms with van der Waals surface area (Å²) >= 11 is 5.91. The minimum atomic E-state index is -0.398. The molecule has 0 aliphatic rings. The number of aromatic nitrogens is 2. The molecule has 18 heavy (non-hydrogen) atoms. The Bertz CT molecular complexity index is 539.